The molecule has 1 unspecified atom stereocenters. The highest BCUT2D eigenvalue weighted by Crippen LogP contribution is 2.25. The molecule has 2 saturated heterocycles. The molecule has 1 amide bonds. The fraction of sp³-hybridized carbons (Fsp3) is 0.562. The summed E-state index contributed by atoms with van der Waals surface area (Å²) >= 11 is 0. The Morgan fingerprint density at radius 2 is 2.04 bits per heavy atom. The highest BCUT2D eigenvalue weighted by molar-refractivity contribution is 7.89. The summed E-state index contributed by atoms with van der Waals surface area (Å²) in [7, 11) is -3.16. The third-order valence-corrected chi connectivity index (χ3v) is 6.69. The van der Waals surface area contributed by atoms with Crippen molar-refractivity contribution in [1.29, 1.82) is 0 Å². The minimum Gasteiger partial charge on any atom is -0.508 e. The average Bonchev–Trinajstić information content (AvgIpc) is 2.89. The smallest absolute Gasteiger partial charge is 0.254 e. The van der Waals surface area contributed by atoms with Crippen molar-refractivity contribution in [2.24, 2.45) is 0 Å². The number of nitrogens with zero attached hydrogens (tertiary/aromatic N) is 2. The van der Waals surface area contributed by atoms with E-state index in [4.69, 9.17) is 0 Å². The molecule has 126 valence electrons. The SMILES string of the molecule is Cc1ccc(C(=O)N2CCCC(N3CCCS3(=O)=O)C2)cc1O. The van der Waals surface area contributed by atoms with E-state index in [1.54, 1.807) is 28.3 Å². The first-order valence-corrected chi connectivity index (χ1v) is 9.58. The van der Waals surface area contributed by atoms with E-state index in [1.807, 2.05) is 0 Å². The van der Waals surface area contributed by atoms with Crippen LogP contribution in [0.2, 0.25) is 0 Å². The van der Waals surface area contributed by atoms with E-state index in [9.17, 15) is 18.3 Å². The van der Waals surface area contributed by atoms with Gasteiger partial charge in [0.05, 0.1) is 5.75 Å². The van der Waals surface area contributed by atoms with Crippen LogP contribution in [0.4, 0.5) is 0 Å². The lowest BCUT2D eigenvalue weighted by atomic mass is 10.0. The molecule has 0 radical (unpaired) electrons. The number of likely N-dealkylation sites (tertiary alicyclic amines) is 1. The number of carbonyl (C=O) groups excluding carboxylic acids is 1. The first-order chi connectivity index (χ1) is 10.9. The summed E-state index contributed by atoms with van der Waals surface area (Å²) < 4.78 is 25.7. The maximum atomic E-state index is 12.6. The van der Waals surface area contributed by atoms with E-state index in [-0.39, 0.29) is 23.5 Å². The molecule has 2 heterocycles. The normalized spacial score (nSPS) is 24.7. The Morgan fingerprint density at radius 3 is 2.70 bits per heavy atom. The molecule has 0 bridgehead atoms. The topological polar surface area (TPSA) is 77.9 Å². The van der Waals surface area contributed by atoms with E-state index >= 15 is 0 Å². The van der Waals surface area contributed by atoms with Gasteiger partial charge in [0.25, 0.3) is 5.91 Å². The molecule has 2 fully saturated rings. The number of amides is 1. The maximum absolute atomic E-state index is 12.6. The number of benzene rings is 1. The number of aromatic hydroxyl groups is 1. The standard InChI is InChI=1S/C16H22N2O4S/c1-12-5-6-13(10-15(12)19)16(20)17-7-2-4-14(11-17)18-8-3-9-23(18,21)22/h5-6,10,14,19H,2-4,7-9,11H2,1H3. The van der Waals surface area contributed by atoms with Gasteiger partial charge in [-0.2, -0.15) is 4.31 Å². The second-order valence-corrected chi connectivity index (χ2v) is 8.37. The van der Waals surface area contributed by atoms with E-state index in [0.29, 0.717) is 31.6 Å². The van der Waals surface area contributed by atoms with Crippen LogP contribution in [0, 0.1) is 6.92 Å². The van der Waals surface area contributed by atoms with Gasteiger partial charge in [-0.25, -0.2) is 8.42 Å². The number of rotatable bonds is 2. The van der Waals surface area contributed by atoms with E-state index < -0.39 is 10.0 Å². The summed E-state index contributed by atoms with van der Waals surface area (Å²) in [6, 6.07) is 4.77. The number of piperidine rings is 1. The molecule has 7 heteroatoms. The van der Waals surface area contributed by atoms with E-state index in [0.717, 1.165) is 18.4 Å². The van der Waals surface area contributed by atoms with Crippen LogP contribution in [0.25, 0.3) is 0 Å². The summed E-state index contributed by atoms with van der Waals surface area (Å²) in [6.45, 7) is 3.38. The molecule has 0 aromatic heterocycles. The zero-order chi connectivity index (χ0) is 16.6. The van der Waals surface area contributed by atoms with Crippen molar-refractivity contribution in [3.8, 4) is 5.75 Å². The number of sulfonamides is 1. The average molecular weight is 338 g/mol. The quantitative estimate of drug-likeness (QED) is 0.883. The Bertz CT molecular complexity index is 717. The van der Waals surface area contributed by atoms with Crippen molar-refractivity contribution in [3.05, 3.63) is 29.3 Å². The predicted octanol–water partition coefficient (Wildman–Crippen LogP) is 1.34. The summed E-state index contributed by atoms with van der Waals surface area (Å²) in [5.41, 5.74) is 1.17. The van der Waals surface area contributed by atoms with Crippen molar-refractivity contribution in [3.63, 3.8) is 0 Å². The van der Waals surface area contributed by atoms with Gasteiger partial charge in [0.15, 0.2) is 0 Å². The molecule has 1 N–H and O–H groups in total. The second kappa shape index (κ2) is 6.13. The second-order valence-electron chi connectivity index (χ2n) is 6.33. The number of aryl methyl sites for hydroxylation is 1. The highest BCUT2D eigenvalue weighted by atomic mass is 32.2. The molecule has 23 heavy (non-hydrogen) atoms. The monoisotopic (exact) mass is 338 g/mol. The zero-order valence-electron chi connectivity index (χ0n) is 13.2. The summed E-state index contributed by atoms with van der Waals surface area (Å²) in [4.78, 5) is 14.3. The molecule has 1 aromatic carbocycles. The number of carbonyl (C=O) groups is 1. The van der Waals surface area contributed by atoms with Gasteiger partial charge in [-0.1, -0.05) is 6.07 Å². The van der Waals surface area contributed by atoms with E-state index in [2.05, 4.69) is 0 Å². The molecule has 2 aliphatic heterocycles. The van der Waals surface area contributed by atoms with Crippen LogP contribution in [0.15, 0.2) is 18.2 Å². The molecule has 1 aromatic rings. The maximum Gasteiger partial charge on any atom is 0.254 e. The number of phenols is 1. The Labute approximate surface area is 136 Å². The number of phenolic OH excluding ortho intramolecular Hbond substituents is 1. The largest absolute Gasteiger partial charge is 0.508 e. The molecule has 0 saturated carbocycles. The minimum absolute atomic E-state index is 0.103. The highest BCUT2D eigenvalue weighted by Gasteiger charge is 2.37. The van der Waals surface area contributed by atoms with Crippen molar-refractivity contribution >= 4 is 15.9 Å². The van der Waals surface area contributed by atoms with Gasteiger partial charge in [-0.05, 0) is 43.9 Å². The fourth-order valence-corrected chi connectivity index (χ4v) is 5.13. The first-order valence-electron chi connectivity index (χ1n) is 7.97. The van der Waals surface area contributed by atoms with Crippen LogP contribution in [-0.2, 0) is 10.0 Å². The Hall–Kier alpha value is -1.60. The molecule has 0 aliphatic carbocycles. The molecule has 1 atom stereocenters. The van der Waals surface area contributed by atoms with Gasteiger partial charge in [0.1, 0.15) is 5.75 Å². The summed E-state index contributed by atoms with van der Waals surface area (Å²) in [5.74, 6) is 0.164. The lowest BCUT2D eigenvalue weighted by Gasteiger charge is -2.36. The van der Waals surface area contributed by atoms with Gasteiger partial charge >= 0.3 is 0 Å². The fourth-order valence-electron chi connectivity index (χ4n) is 3.37. The molecular weight excluding hydrogens is 316 g/mol. The molecule has 2 aliphatic rings. The summed E-state index contributed by atoms with van der Waals surface area (Å²) in [5, 5.41) is 9.78. The third-order valence-electron chi connectivity index (χ3n) is 4.69. The van der Waals surface area contributed by atoms with Gasteiger partial charge in [-0.15, -0.1) is 0 Å². The van der Waals surface area contributed by atoms with Crippen LogP contribution in [-0.4, -0.2) is 60.1 Å². The Kier molecular flexibility index (Phi) is 4.33. The zero-order valence-corrected chi connectivity index (χ0v) is 14.1. The minimum atomic E-state index is -3.16. The molecular formula is C16H22N2O4S. The van der Waals surface area contributed by atoms with Crippen molar-refractivity contribution in [2.75, 3.05) is 25.4 Å². The molecule has 6 nitrogen and oxygen atoms in total. The Morgan fingerprint density at radius 1 is 1.26 bits per heavy atom. The van der Waals surface area contributed by atoms with Gasteiger partial charge in [-0.3, -0.25) is 4.79 Å². The van der Waals surface area contributed by atoms with Crippen LogP contribution in [0.5, 0.6) is 5.75 Å². The van der Waals surface area contributed by atoms with Crippen LogP contribution >= 0.6 is 0 Å². The lowest BCUT2D eigenvalue weighted by molar-refractivity contribution is 0.0658. The summed E-state index contributed by atoms with van der Waals surface area (Å²) in [6.07, 6.45) is 2.25. The Balaban J connectivity index is 1.75. The number of hydrogen-bond donors (Lipinski definition) is 1. The first kappa shape index (κ1) is 16.3. The van der Waals surface area contributed by atoms with Crippen molar-refractivity contribution in [1.82, 2.24) is 9.21 Å². The molecule has 0 spiro atoms. The molecule has 3 rings (SSSR count). The van der Waals surface area contributed by atoms with Crippen LogP contribution in [0.3, 0.4) is 0 Å². The van der Waals surface area contributed by atoms with Gasteiger partial charge in [0, 0.05) is 31.2 Å². The van der Waals surface area contributed by atoms with Crippen molar-refractivity contribution in [2.45, 2.75) is 32.2 Å². The predicted molar refractivity (Wildman–Crippen MR) is 86.9 cm³/mol. The van der Waals surface area contributed by atoms with Crippen molar-refractivity contribution < 1.29 is 18.3 Å². The van der Waals surface area contributed by atoms with Crippen LogP contribution < -0.4 is 0 Å². The third kappa shape index (κ3) is 3.21. The van der Waals surface area contributed by atoms with Gasteiger partial charge in [0.2, 0.25) is 10.0 Å². The van der Waals surface area contributed by atoms with Crippen LogP contribution in [0.1, 0.15) is 35.2 Å². The van der Waals surface area contributed by atoms with Gasteiger partial charge < -0.3 is 10.0 Å². The number of hydrogen-bond acceptors (Lipinski definition) is 4. The lowest BCUT2D eigenvalue weighted by Crippen LogP contribution is -2.50. The van der Waals surface area contributed by atoms with E-state index in [1.165, 1.54) is 6.07 Å².